The maximum atomic E-state index is 4.53. The lowest BCUT2D eigenvalue weighted by molar-refractivity contribution is 0.723. The molecule has 0 saturated heterocycles. The van der Waals surface area contributed by atoms with Gasteiger partial charge in [-0.3, -0.25) is 0 Å². The first-order valence-corrected chi connectivity index (χ1v) is 5.56. The number of nitrogens with zero attached hydrogens (tertiary/aromatic N) is 1. The lowest BCUT2D eigenvalue weighted by atomic mass is 10.3. The molecular formula is C10H13N3S. The van der Waals surface area contributed by atoms with Gasteiger partial charge in [-0.15, -0.1) is 11.3 Å². The zero-order chi connectivity index (χ0) is 9.80. The summed E-state index contributed by atoms with van der Waals surface area (Å²) in [6.07, 6.45) is 3.88. The first-order valence-electron chi connectivity index (χ1n) is 4.68. The fraction of sp³-hybridized carbons (Fsp3) is 0.300. The molecule has 2 heterocycles. The van der Waals surface area contributed by atoms with Gasteiger partial charge in [0.05, 0.1) is 5.69 Å². The van der Waals surface area contributed by atoms with Crippen LogP contribution >= 0.6 is 11.3 Å². The van der Waals surface area contributed by atoms with Crippen molar-refractivity contribution >= 4 is 11.3 Å². The summed E-state index contributed by atoms with van der Waals surface area (Å²) in [4.78, 5) is 7.56. The lowest BCUT2D eigenvalue weighted by Crippen LogP contribution is -2.11. The zero-order valence-corrected chi connectivity index (χ0v) is 8.90. The maximum absolute atomic E-state index is 4.53. The molecule has 0 radical (unpaired) electrons. The van der Waals surface area contributed by atoms with E-state index >= 15 is 0 Å². The Morgan fingerprint density at radius 1 is 1.57 bits per heavy atom. The molecule has 0 bridgehead atoms. The highest BCUT2D eigenvalue weighted by molar-refractivity contribution is 7.09. The molecule has 0 aliphatic rings. The Morgan fingerprint density at radius 3 is 3.21 bits per heavy atom. The second-order valence-electron chi connectivity index (χ2n) is 3.01. The van der Waals surface area contributed by atoms with Crippen molar-refractivity contribution in [3.63, 3.8) is 0 Å². The summed E-state index contributed by atoms with van der Waals surface area (Å²) in [5.41, 5.74) is 2.22. The third-order valence-electron chi connectivity index (χ3n) is 1.97. The molecule has 2 aromatic heterocycles. The monoisotopic (exact) mass is 207 g/mol. The van der Waals surface area contributed by atoms with Gasteiger partial charge in [0.1, 0.15) is 5.01 Å². The van der Waals surface area contributed by atoms with Crippen LogP contribution in [0.2, 0.25) is 0 Å². The van der Waals surface area contributed by atoms with E-state index in [-0.39, 0.29) is 0 Å². The molecule has 74 valence electrons. The van der Waals surface area contributed by atoms with Crippen LogP contribution in [-0.2, 0) is 6.54 Å². The van der Waals surface area contributed by atoms with Crippen LogP contribution in [-0.4, -0.2) is 16.5 Å². The number of thiazole rings is 1. The van der Waals surface area contributed by atoms with Crippen LogP contribution in [0.15, 0.2) is 23.8 Å². The first-order chi connectivity index (χ1) is 6.90. The van der Waals surface area contributed by atoms with E-state index in [1.807, 2.05) is 18.5 Å². The zero-order valence-electron chi connectivity index (χ0n) is 8.08. The lowest BCUT2D eigenvalue weighted by Gasteiger charge is -1.94. The SMILES string of the molecule is CCNCc1nc(-c2cc[nH]c2)cs1. The second kappa shape index (κ2) is 4.39. The minimum absolute atomic E-state index is 0.867. The van der Waals surface area contributed by atoms with Crippen molar-refractivity contribution in [2.45, 2.75) is 13.5 Å². The third-order valence-corrected chi connectivity index (χ3v) is 2.82. The summed E-state index contributed by atoms with van der Waals surface area (Å²) in [7, 11) is 0. The number of aromatic nitrogens is 2. The fourth-order valence-electron chi connectivity index (χ4n) is 1.24. The number of nitrogens with one attached hydrogen (secondary N) is 2. The van der Waals surface area contributed by atoms with Crippen LogP contribution in [0.4, 0.5) is 0 Å². The molecule has 2 rings (SSSR count). The van der Waals surface area contributed by atoms with Gasteiger partial charge < -0.3 is 10.3 Å². The van der Waals surface area contributed by atoms with E-state index in [0.29, 0.717) is 0 Å². The predicted octanol–water partition coefficient (Wildman–Crippen LogP) is 2.25. The van der Waals surface area contributed by atoms with Gasteiger partial charge in [0, 0.05) is 29.9 Å². The van der Waals surface area contributed by atoms with E-state index in [1.54, 1.807) is 11.3 Å². The Labute approximate surface area is 87.2 Å². The van der Waals surface area contributed by atoms with Gasteiger partial charge in [-0.25, -0.2) is 4.98 Å². The second-order valence-corrected chi connectivity index (χ2v) is 3.95. The highest BCUT2D eigenvalue weighted by Crippen LogP contribution is 2.20. The summed E-state index contributed by atoms with van der Waals surface area (Å²) in [5.74, 6) is 0. The van der Waals surface area contributed by atoms with Gasteiger partial charge in [-0.1, -0.05) is 6.92 Å². The first kappa shape index (κ1) is 9.43. The number of rotatable bonds is 4. The molecule has 3 nitrogen and oxygen atoms in total. The van der Waals surface area contributed by atoms with E-state index in [4.69, 9.17) is 0 Å². The van der Waals surface area contributed by atoms with Gasteiger partial charge in [0.2, 0.25) is 0 Å². The maximum Gasteiger partial charge on any atom is 0.107 e. The van der Waals surface area contributed by atoms with Crippen LogP contribution in [0, 0.1) is 0 Å². The molecule has 2 aromatic rings. The van der Waals surface area contributed by atoms with Gasteiger partial charge in [0.25, 0.3) is 0 Å². The van der Waals surface area contributed by atoms with Crippen LogP contribution in [0.5, 0.6) is 0 Å². The standard InChI is InChI=1S/C10H13N3S/c1-2-11-6-10-13-9(7-14-10)8-3-4-12-5-8/h3-5,7,11-12H,2,6H2,1H3. The molecule has 0 aliphatic heterocycles. The van der Waals surface area contributed by atoms with Crippen LogP contribution in [0.3, 0.4) is 0 Å². The van der Waals surface area contributed by atoms with Crippen molar-refractivity contribution in [1.82, 2.24) is 15.3 Å². The number of H-pyrrole nitrogens is 1. The molecule has 14 heavy (non-hydrogen) atoms. The number of hydrogen-bond donors (Lipinski definition) is 2. The van der Waals surface area contributed by atoms with Crippen molar-refractivity contribution in [1.29, 1.82) is 0 Å². The molecule has 2 N–H and O–H groups in total. The Hall–Kier alpha value is -1.13. The van der Waals surface area contributed by atoms with Crippen molar-refractivity contribution in [3.05, 3.63) is 28.8 Å². The van der Waals surface area contributed by atoms with E-state index in [1.165, 1.54) is 0 Å². The molecule has 0 aliphatic carbocycles. The summed E-state index contributed by atoms with van der Waals surface area (Å²) >= 11 is 1.70. The van der Waals surface area contributed by atoms with Crippen molar-refractivity contribution < 1.29 is 0 Å². The third kappa shape index (κ3) is 2.02. The average molecular weight is 207 g/mol. The molecule has 0 aromatic carbocycles. The van der Waals surface area contributed by atoms with E-state index in [2.05, 4.69) is 27.6 Å². The molecule has 0 saturated carbocycles. The van der Waals surface area contributed by atoms with Crippen molar-refractivity contribution in [2.75, 3.05) is 6.54 Å². The quantitative estimate of drug-likeness (QED) is 0.807. The van der Waals surface area contributed by atoms with Gasteiger partial charge >= 0.3 is 0 Å². The fourth-order valence-corrected chi connectivity index (χ4v) is 2.01. The van der Waals surface area contributed by atoms with Gasteiger partial charge in [-0.05, 0) is 12.6 Å². The molecule has 0 spiro atoms. The molecule has 0 unspecified atom stereocenters. The van der Waals surface area contributed by atoms with Crippen LogP contribution in [0.25, 0.3) is 11.3 Å². The Morgan fingerprint density at radius 2 is 2.50 bits per heavy atom. The van der Waals surface area contributed by atoms with E-state index in [0.717, 1.165) is 29.4 Å². The highest BCUT2D eigenvalue weighted by Gasteiger charge is 2.03. The smallest absolute Gasteiger partial charge is 0.107 e. The predicted molar refractivity (Wildman–Crippen MR) is 59.3 cm³/mol. The largest absolute Gasteiger partial charge is 0.367 e. The minimum atomic E-state index is 0.867. The number of aromatic amines is 1. The average Bonchev–Trinajstić information content (AvgIpc) is 2.85. The van der Waals surface area contributed by atoms with Crippen molar-refractivity contribution in [3.8, 4) is 11.3 Å². The van der Waals surface area contributed by atoms with Crippen LogP contribution in [0.1, 0.15) is 11.9 Å². The molecule has 0 amide bonds. The Bertz CT molecular complexity index is 378. The van der Waals surface area contributed by atoms with Crippen LogP contribution < -0.4 is 5.32 Å². The molecule has 0 atom stereocenters. The topological polar surface area (TPSA) is 40.7 Å². The van der Waals surface area contributed by atoms with E-state index < -0.39 is 0 Å². The molecule has 0 fully saturated rings. The van der Waals surface area contributed by atoms with Gasteiger partial charge in [0.15, 0.2) is 0 Å². The normalized spacial score (nSPS) is 10.6. The summed E-state index contributed by atoms with van der Waals surface area (Å²) in [6.45, 7) is 3.95. The highest BCUT2D eigenvalue weighted by atomic mass is 32.1. The van der Waals surface area contributed by atoms with Gasteiger partial charge in [-0.2, -0.15) is 0 Å². The Kier molecular flexibility index (Phi) is 2.96. The van der Waals surface area contributed by atoms with Crippen molar-refractivity contribution in [2.24, 2.45) is 0 Å². The van der Waals surface area contributed by atoms with E-state index in [9.17, 15) is 0 Å². The summed E-state index contributed by atoms with van der Waals surface area (Å²) in [6, 6.07) is 2.03. The molecule has 4 heteroatoms. The minimum Gasteiger partial charge on any atom is -0.367 e. The Balaban J connectivity index is 2.10. The summed E-state index contributed by atoms with van der Waals surface area (Å²) < 4.78 is 0. The number of hydrogen-bond acceptors (Lipinski definition) is 3. The summed E-state index contributed by atoms with van der Waals surface area (Å²) in [5, 5.41) is 6.50. The molecular weight excluding hydrogens is 194 g/mol.